The topological polar surface area (TPSA) is 47.6 Å². The molecule has 0 spiro atoms. The summed E-state index contributed by atoms with van der Waals surface area (Å²) in [7, 11) is 0. The summed E-state index contributed by atoms with van der Waals surface area (Å²) in [6.45, 7) is 0. The molecule has 2 nitrogen and oxygen atoms in total. The van der Waals surface area contributed by atoms with E-state index in [4.69, 9.17) is 10.5 Å². The normalized spacial score (nSPS) is 8.61. The zero-order valence-electron chi connectivity index (χ0n) is 12.6. The molecule has 0 aliphatic heterocycles. The van der Waals surface area contributed by atoms with E-state index in [1.54, 1.807) is 24.3 Å². The third kappa shape index (κ3) is 5.44. The Balaban J connectivity index is 1.76. The fourth-order valence-corrected chi connectivity index (χ4v) is 1.85. The third-order valence-corrected chi connectivity index (χ3v) is 3.10. The van der Waals surface area contributed by atoms with Crippen molar-refractivity contribution in [2.75, 3.05) is 0 Å². The van der Waals surface area contributed by atoms with Crippen molar-refractivity contribution in [3.8, 4) is 35.8 Å². The van der Waals surface area contributed by atoms with E-state index in [0.29, 0.717) is 11.1 Å². The van der Waals surface area contributed by atoms with Crippen molar-refractivity contribution in [3.05, 3.63) is 70.8 Å². The molecule has 0 N–H and O–H groups in total. The van der Waals surface area contributed by atoms with Crippen LogP contribution in [0.15, 0.2) is 48.5 Å². The van der Waals surface area contributed by atoms with Gasteiger partial charge in [0.1, 0.15) is 0 Å². The lowest BCUT2D eigenvalue weighted by atomic mass is 10.1. The van der Waals surface area contributed by atoms with Gasteiger partial charge in [-0.15, -0.1) is 0 Å². The first-order chi connectivity index (χ1) is 11.3. The molecule has 2 aromatic rings. The second-order valence-electron chi connectivity index (χ2n) is 4.84. The molecule has 108 valence electrons. The van der Waals surface area contributed by atoms with Crippen LogP contribution in [-0.2, 0) is 0 Å². The van der Waals surface area contributed by atoms with E-state index in [9.17, 15) is 0 Å². The minimum absolute atomic E-state index is 0.647. The lowest BCUT2D eigenvalue weighted by Crippen LogP contribution is -1.78. The van der Waals surface area contributed by atoms with Crippen molar-refractivity contribution in [1.82, 2.24) is 0 Å². The molecule has 23 heavy (non-hydrogen) atoms. The lowest BCUT2D eigenvalue weighted by Gasteiger charge is -1.91. The molecule has 2 aromatic carbocycles. The van der Waals surface area contributed by atoms with Crippen LogP contribution >= 0.6 is 0 Å². The largest absolute Gasteiger partial charge is 0.192 e. The summed E-state index contributed by atoms with van der Waals surface area (Å²) in [5.74, 6) is 12.4. The maximum atomic E-state index is 8.72. The Morgan fingerprint density at radius 1 is 0.565 bits per heavy atom. The van der Waals surface area contributed by atoms with Gasteiger partial charge in [0.2, 0.25) is 0 Å². The molecule has 0 aromatic heterocycles. The number of hydrogen-bond acceptors (Lipinski definition) is 2. The Kier molecular flexibility index (Phi) is 6.05. The second-order valence-corrected chi connectivity index (χ2v) is 4.84. The van der Waals surface area contributed by atoms with Gasteiger partial charge in [-0.2, -0.15) is 10.5 Å². The molecule has 2 heteroatoms. The van der Waals surface area contributed by atoms with Gasteiger partial charge in [-0.25, -0.2) is 0 Å². The summed E-state index contributed by atoms with van der Waals surface area (Å²) in [5.41, 5.74) is 3.14. The smallest absolute Gasteiger partial charge is 0.0991 e. The molecular weight excluding hydrogens is 280 g/mol. The van der Waals surface area contributed by atoms with E-state index >= 15 is 0 Å². The maximum Gasteiger partial charge on any atom is 0.0991 e. The minimum Gasteiger partial charge on any atom is -0.192 e. The standard InChI is InChI=1S/C21H14N2/c22-16-20-12-8-18(9-13-20)6-4-2-1-3-5-7-19-10-14-21(17-23)15-11-19/h8-15H,1-3H2. The summed E-state index contributed by atoms with van der Waals surface area (Å²) < 4.78 is 0. The molecular formula is C21H14N2. The first-order valence-electron chi connectivity index (χ1n) is 7.30. The van der Waals surface area contributed by atoms with Crippen molar-refractivity contribution in [1.29, 1.82) is 10.5 Å². The van der Waals surface area contributed by atoms with Gasteiger partial charge in [0.25, 0.3) is 0 Å². The number of hydrogen-bond donors (Lipinski definition) is 0. The van der Waals surface area contributed by atoms with Gasteiger partial charge in [-0.05, 0) is 55.0 Å². The van der Waals surface area contributed by atoms with Crippen LogP contribution in [0.2, 0.25) is 0 Å². The Labute approximate surface area is 137 Å². The van der Waals surface area contributed by atoms with Crippen molar-refractivity contribution in [2.24, 2.45) is 0 Å². The Bertz CT molecular complexity index is 777. The minimum atomic E-state index is 0.647. The summed E-state index contributed by atoms with van der Waals surface area (Å²) in [6.07, 6.45) is 2.51. The molecule has 0 bridgehead atoms. The molecule has 0 heterocycles. The lowest BCUT2D eigenvalue weighted by molar-refractivity contribution is 0.903. The molecule has 0 unspecified atom stereocenters. The van der Waals surface area contributed by atoms with Crippen LogP contribution in [0, 0.1) is 46.3 Å². The van der Waals surface area contributed by atoms with Crippen LogP contribution in [0.3, 0.4) is 0 Å². The maximum absolute atomic E-state index is 8.72. The van der Waals surface area contributed by atoms with Crippen LogP contribution in [0.4, 0.5) is 0 Å². The average Bonchev–Trinajstić information content (AvgIpc) is 2.62. The van der Waals surface area contributed by atoms with Gasteiger partial charge < -0.3 is 0 Å². The second kappa shape index (κ2) is 8.74. The molecule has 0 amide bonds. The predicted molar refractivity (Wildman–Crippen MR) is 89.9 cm³/mol. The van der Waals surface area contributed by atoms with Crippen LogP contribution < -0.4 is 0 Å². The van der Waals surface area contributed by atoms with Crippen LogP contribution in [0.25, 0.3) is 0 Å². The molecule has 0 aliphatic rings. The van der Waals surface area contributed by atoms with Gasteiger partial charge in [-0.3, -0.25) is 0 Å². The molecule has 2 rings (SSSR count). The van der Waals surface area contributed by atoms with E-state index in [2.05, 4.69) is 35.8 Å². The molecule has 0 atom stereocenters. The summed E-state index contributed by atoms with van der Waals surface area (Å²) in [5, 5.41) is 17.4. The first kappa shape index (κ1) is 15.9. The number of rotatable bonds is 2. The van der Waals surface area contributed by atoms with E-state index in [-0.39, 0.29) is 0 Å². The quantitative estimate of drug-likeness (QED) is 0.621. The van der Waals surface area contributed by atoms with Gasteiger partial charge in [0.15, 0.2) is 0 Å². The molecule has 0 saturated carbocycles. The number of unbranched alkanes of at least 4 members (excludes halogenated alkanes) is 2. The molecule has 0 saturated heterocycles. The summed E-state index contributed by atoms with van der Waals surface area (Å²) >= 11 is 0. The van der Waals surface area contributed by atoms with E-state index in [1.165, 1.54) is 0 Å². The van der Waals surface area contributed by atoms with Crippen LogP contribution in [0.5, 0.6) is 0 Å². The Morgan fingerprint density at radius 2 is 0.913 bits per heavy atom. The third-order valence-electron chi connectivity index (χ3n) is 3.10. The van der Waals surface area contributed by atoms with Crippen molar-refractivity contribution in [3.63, 3.8) is 0 Å². The number of benzene rings is 2. The van der Waals surface area contributed by atoms with Crippen LogP contribution in [-0.4, -0.2) is 0 Å². The summed E-state index contributed by atoms with van der Waals surface area (Å²) in [6, 6.07) is 18.7. The molecule has 0 fully saturated rings. The van der Waals surface area contributed by atoms with Gasteiger partial charge in [0.05, 0.1) is 23.3 Å². The molecule has 0 aliphatic carbocycles. The number of nitriles is 2. The van der Waals surface area contributed by atoms with Gasteiger partial charge in [0, 0.05) is 24.0 Å². The van der Waals surface area contributed by atoms with Crippen LogP contribution in [0.1, 0.15) is 41.5 Å². The first-order valence-corrected chi connectivity index (χ1v) is 7.30. The predicted octanol–water partition coefficient (Wildman–Crippen LogP) is 4.00. The highest BCUT2D eigenvalue weighted by molar-refractivity contribution is 5.40. The van der Waals surface area contributed by atoms with Gasteiger partial charge >= 0.3 is 0 Å². The highest BCUT2D eigenvalue weighted by Gasteiger charge is 1.90. The zero-order chi connectivity index (χ0) is 16.3. The highest BCUT2D eigenvalue weighted by Crippen LogP contribution is 2.03. The van der Waals surface area contributed by atoms with Crippen molar-refractivity contribution >= 4 is 0 Å². The summed E-state index contributed by atoms with van der Waals surface area (Å²) in [4.78, 5) is 0. The van der Waals surface area contributed by atoms with E-state index in [1.807, 2.05) is 24.3 Å². The van der Waals surface area contributed by atoms with E-state index in [0.717, 1.165) is 30.4 Å². The fraction of sp³-hybridized carbons (Fsp3) is 0.143. The monoisotopic (exact) mass is 294 g/mol. The number of nitrogens with zero attached hydrogens (tertiary/aromatic N) is 2. The van der Waals surface area contributed by atoms with Crippen molar-refractivity contribution < 1.29 is 0 Å². The van der Waals surface area contributed by atoms with Gasteiger partial charge in [-0.1, -0.05) is 23.7 Å². The highest BCUT2D eigenvalue weighted by atomic mass is 14.2. The molecule has 0 radical (unpaired) electrons. The average molecular weight is 294 g/mol. The zero-order valence-corrected chi connectivity index (χ0v) is 12.6. The Morgan fingerprint density at radius 3 is 1.26 bits per heavy atom. The van der Waals surface area contributed by atoms with E-state index < -0.39 is 0 Å². The Hall–Kier alpha value is -3.46. The fourth-order valence-electron chi connectivity index (χ4n) is 1.85. The van der Waals surface area contributed by atoms with Crippen molar-refractivity contribution in [2.45, 2.75) is 19.3 Å². The SMILES string of the molecule is N#Cc1ccc(C#CCCCC#Cc2ccc(C#N)cc2)cc1.